The molecule has 2 aromatic carbocycles. The van der Waals surface area contributed by atoms with Crippen LogP contribution in [0.1, 0.15) is 16.7 Å². The number of para-hydroxylation sites is 1. The Morgan fingerprint density at radius 1 is 1.04 bits per heavy atom. The highest BCUT2D eigenvalue weighted by Crippen LogP contribution is 2.23. The molecule has 24 heavy (non-hydrogen) atoms. The Hall–Kier alpha value is -2.35. The van der Waals surface area contributed by atoms with Crippen molar-refractivity contribution in [3.63, 3.8) is 0 Å². The molecule has 124 valence electrons. The molecule has 2 aromatic rings. The zero-order valence-electron chi connectivity index (χ0n) is 14.1. The van der Waals surface area contributed by atoms with Gasteiger partial charge in [0, 0.05) is 31.9 Å². The number of anilines is 1. The molecule has 0 radical (unpaired) electrons. The normalized spacial score (nSPS) is 14.6. The van der Waals surface area contributed by atoms with Crippen LogP contribution in [0.2, 0.25) is 0 Å². The summed E-state index contributed by atoms with van der Waals surface area (Å²) in [5.74, 6) is 0. The summed E-state index contributed by atoms with van der Waals surface area (Å²) in [6.07, 6.45) is 0. The van der Waals surface area contributed by atoms with Crippen LogP contribution in [0, 0.1) is 11.3 Å². The second-order valence-electron chi connectivity index (χ2n) is 6.21. The van der Waals surface area contributed by atoms with Gasteiger partial charge in [-0.1, -0.05) is 30.3 Å². The largest absolute Gasteiger partial charge is 0.378 e. The average Bonchev–Trinajstić information content (AvgIpc) is 2.63. The highest BCUT2D eigenvalue weighted by molar-refractivity contribution is 5.54. The third-order valence-corrected chi connectivity index (χ3v) is 4.32. The Morgan fingerprint density at radius 3 is 2.46 bits per heavy atom. The Morgan fingerprint density at radius 2 is 1.75 bits per heavy atom. The Labute approximate surface area is 143 Å². The first-order valence-electron chi connectivity index (χ1n) is 8.34. The summed E-state index contributed by atoms with van der Waals surface area (Å²) in [5, 5.41) is 8.89. The molecule has 1 aliphatic rings. The molecular formula is C20H23N3O. The summed E-state index contributed by atoms with van der Waals surface area (Å²) in [4.78, 5) is 4.72. The van der Waals surface area contributed by atoms with Gasteiger partial charge < -0.3 is 9.64 Å². The molecule has 0 spiro atoms. The fraction of sp³-hybridized carbons (Fsp3) is 0.350. The molecule has 0 bridgehead atoms. The van der Waals surface area contributed by atoms with E-state index in [1.807, 2.05) is 24.3 Å². The number of hydrogen-bond donors (Lipinski definition) is 0. The minimum atomic E-state index is 0.707. The van der Waals surface area contributed by atoms with E-state index in [2.05, 4.69) is 47.2 Å². The van der Waals surface area contributed by atoms with Gasteiger partial charge in [-0.3, -0.25) is 4.90 Å². The van der Waals surface area contributed by atoms with E-state index in [-0.39, 0.29) is 0 Å². The second-order valence-corrected chi connectivity index (χ2v) is 6.21. The lowest BCUT2D eigenvalue weighted by Gasteiger charge is -2.31. The topological polar surface area (TPSA) is 39.5 Å². The van der Waals surface area contributed by atoms with E-state index in [1.54, 1.807) is 0 Å². The van der Waals surface area contributed by atoms with Crippen LogP contribution in [-0.2, 0) is 17.8 Å². The number of rotatable bonds is 5. The summed E-state index contributed by atoms with van der Waals surface area (Å²) in [6, 6.07) is 18.6. The van der Waals surface area contributed by atoms with Gasteiger partial charge in [-0.2, -0.15) is 5.26 Å². The molecule has 4 heteroatoms. The summed E-state index contributed by atoms with van der Waals surface area (Å²) in [6.45, 7) is 5.27. The first-order chi connectivity index (χ1) is 11.8. The summed E-state index contributed by atoms with van der Waals surface area (Å²) < 4.78 is 5.47. The minimum absolute atomic E-state index is 0.707. The summed E-state index contributed by atoms with van der Waals surface area (Å²) >= 11 is 0. The summed E-state index contributed by atoms with van der Waals surface area (Å²) in [5.41, 5.74) is 4.59. The SMILES string of the molecule is CN(Cc1ccc(C#N)cc1)Cc1ccccc1N1CCOCC1. The molecule has 1 aliphatic heterocycles. The highest BCUT2D eigenvalue weighted by Gasteiger charge is 2.15. The molecule has 0 amide bonds. The van der Waals surface area contributed by atoms with Gasteiger partial charge in [-0.05, 0) is 36.4 Å². The quantitative estimate of drug-likeness (QED) is 0.848. The van der Waals surface area contributed by atoms with Gasteiger partial charge in [0.1, 0.15) is 0 Å². The van der Waals surface area contributed by atoms with E-state index >= 15 is 0 Å². The van der Waals surface area contributed by atoms with Crippen molar-refractivity contribution >= 4 is 5.69 Å². The first kappa shape index (κ1) is 16.5. The van der Waals surface area contributed by atoms with Crippen LogP contribution < -0.4 is 4.90 Å². The maximum atomic E-state index is 8.89. The van der Waals surface area contributed by atoms with E-state index in [1.165, 1.54) is 16.8 Å². The molecule has 0 aromatic heterocycles. The van der Waals surface area contributed by atoms with E-state index in [0.29, 0.717) is 5.56 Å². The number of nitrogens with zero attached hydrogens (tertiary/aromatic N) is 3. The van der Waals surface area contributed by atoms with Crippen molar-refractivity contribution in [2.75, 3.05) is 38.3 Å². The van der Waals surface area contributed by atoms with Gasteiger partial charge in [0.25, 0.3) is 0 Å². The molecule has 4 nitrogen and oxygen atoms in total. The fourth-order valence-corrected chi connectivity index (χ4v) is 3.10. The molecule has 1 fully saturated rings. The van der Waals surface area contributed by atoms with Crippen molar-refractivity contribution in [2.24, 2.45) is 0 Å². The van der Waals surface area contributed by atoms with Crippen LogP contribution in [0.5, 0.6) is 0 Å². The molecular weight excluding hydrogens is 298 g/mol. The molecule has 0 unspecified atom stereocenters. The van der Waals surface area contributed by atoms with Crippen molar-refractivity contribution in [3.8, 4) is 6.07 Å². The van der Waals surface area contributed by atoms with E-state index in [4.69, 9.17) is 10.00 Å². The molecule has 0 N–H and O–H groups in total. The van der Waals surface area contributed by atoms with Gasteiger partial charge in [0.15, 0.2) is 0 Å². The zero-order chi connectivity index (χ0) is 16.8. The van der Waals surface area contributed by atoms with Crippen LogP contribution in [0.3, 0.4) is 0 Å². The Bertz CT molecular complexity index is 700. The van der Waals surface area contributed by atoms with Crippen molar-refractivity contribution in [1.82, 2.24) is 4.90 Å². The smallest absolute Gasteiger partial charge is 0.0991 e. The number of ether oxygens (including phenoxy) is 1. The molecule has 0 saturated carbocycles. The number of hydrogen-bond acceptors (Lipinski definition) is 4. The van der Waals surface area contributed by atoms with Crippen molar-refractivity contribution < 1.29 is 4.74 Å². The number of benzene rings is 2. The molecule has 0 aliphatic carbocycles. The molecule has 1 heterocycles. The van der Waals surface area contributed by atoms with Crippen molar-refractivity contribution in [2.45, 2.75) is 13.1 Å². The highest BCUT2D eigenvalue weighted by atomic mass is 16.5. The van der Waals surface area contributed by atoms with Crippen LogP contribution in [0.4, 0.5) is 5.69 Å². The monoisotopic (exact) mass is 321 g/mol. The van der Waals surface area contributed by atoms with E-state index < -0.39 is 0 Å². The Balaban J connectivity index is 1.67. The fourth-order valence-electron chi connectivity index (χ4n) is 3.10. The third kappa shape index (κ3) is 4.14. The summed E-state index contributed by atoms with van der Waals surface area (Å²) in [7, 11) is 2.13. The average molecular weight is 321 g/mol. The van der Waals surface area contributed by atoms with Gasteiger partial charge in [0.2, 0.25) is 0 Å². The van der Waals surface area contributed by atoms with Gasteiger partial charge >= 0.3 is 0 Å². The molecule has 3 rings (SSSR count). The van der Waals surface area contributed by atoms with E-state index in [0.717, 1.165) is 39.4 Å². The lowest BCUT2D eigenvalue weighted by Crippen LogP contribution is -2.37. The Kier molecular flexibility index (Phi) is 5.47. The zero-order valence-corrected chi connectivity index (χ0v) is 14.1. The predicted octanol–water partition coefficient (Wildman–Crippen LogP) is 3.03. The minimum Gasteiger partial charge on any atom is -0.378 e. The van der Waals surface area contributed by atoms with Crippen LogP contribution in [-0.4, -0.2) is 38.3 Å². The number of morpholine rings is 1. The van der Waals surface area contributed by atoms with Crippen LogP contribution in [0.25, 0.3) is 0 Å². The lowest BCUT2D eigenvalue weighted by atomic mass is 10.1. The van der Waals surface area contributed by atoms with Gasteiger partial charge in [-0.25, -0.2) is 0 Å². The standard InChI is InChI=1S/C20H23N3O/c1-22(15-18-8-6-17(14-21)7-9-18)16-19-4-2-3-5-20(19)23-10-12-24-13-11-23/h2-9H,10-13,15-16H2,1H3. The van der Waals surface area contributed by atoms with E-state index in [9.17, 15) is 0 Å². The molecule has 0 atom stereocenters. The lowest BCUT2D eigenvalue weighted by molar-refractivity contribution is 0.122. The van der Waals surface area contributed by atoms with Crippen molar-refractivity contribution in [3.05, 3.63) is 65.2 Å². The maximum Gasteiger partial charge on any atom is 0.0991 e. The predicted molar refractivity (Wildman–Crippen MR) is 95.8 cm³/mol. The van der Waals surface area contributed by atoms with Crippen LogP contribution >= 0.6 is 0 Å². The number of nitriles is 1. The van der Waals surface area contributed by atoms with Crippen molar-refractivity contribution in [1.29, 1.82) is 5.26 Å². The third-order valence-electron chi connectivity index (χ3n) is 4.32. The van der Waals surface area contributed by atoms with Crippen LogP contribution in [0.15, 0.2) is 48.5 Å². The maximum absolute atomic E-state index is 8.89. The second kappa shape index (κ2) is 7.96. The van der Waals surface area contributed by atoms with Gasteiger partial charge in [-0.15, -0.1) is 0 Å². The first-order valence-corrected chi connectivity index (χ1v) is 8.34. The van der Waals surface area contributed by atoms with Gasteiger partial charge in [0.05, 0.1) is 24.8 Å². The molecule has 1 saturated heterocycles.